The monoisotopic (exact) mass is 446 g/mol. The van der Waals surface area contributed by atoms with Crippen LogP contribution in [0.25, 0.3) is 0 Å². The Morgan fingerprint density at radius 3 is 2.70 bits per heavy atom. The number of esters is 1. The normalized spacial score (nSPS) is 13.1. The lowest BCUT2D eigenvalue weighted by atomic mass is 10.1. The highest BCUT2D eigenvalue weighted by Crippen LogP contribution is 2.38. The first-order valence-corrected chi connectivity index (χ1v) is 11.9. The maximum absolute atomic E-state index is 12.6. The standard InChI is InChI=1S/C22H26N2O4S2/c1-3-28-22(27)20-17-10-5-4-6-11-18(17)30-21(20)24-19(26)13-29-16-9-7-8-15(12-16)23-14(2)25/h7-9,12H,3-6,10-11,13H2,1-2H3,(H,23,25)(H,24,26). The Bertz CT molecular complexity index is 939. The first-order valence-electron chi connectivity index (χ1n) is 10.1. The topological polar surface area (TPSA) is 84.5 Å². The zero-order chi connectivity index (χ0) is 21.5. The zero-order valence-corrected chi connectivity index (χ0v) is 18.8. The van der Waals surface area contributed by atoms with Crippen LogP contribution in [0.2, 0.25) is 0 Å². The Labute approximate surface area is 184 Å². The van der Waals surface area contributed by atoms with Crippen molar-refractivity contribution in [3.8, 4) is 0 Å². The van der Waals surface area contributed by atoms with Crippen LogP contribution < -0.4 is 10.6 Å². The molecule has 0 spiro atoms. The molecule has 1 aromatic carbocycles. The number of nitrogens with one attached hydrogen (secondary N) is 2. The number of benzene rings is 1. The van der Waals surface area contributed by atoms with Crippen molar-refractivity contribution in [2.45, 2.75) is 50.8 Å². The molecule has 3 rings (SSSR count). The number of hydrogen-bond acceptors (Lipinski definition) is 6. The van der Waals surface area contributed by atoms with Crippen LogP contribution in [0.3, 0.4) is 0 Å². The molecule has 2 aromatic rings. The Morgan fingerprint density at radius 1 is 1.13 bits per heavy atom. The molecule has 30 heavy (non-hydrogen) atoms. The van der Waals surface area contributed by atoms with Gasteiger partial charge in [-0.1, -0.05) is 12.5 Å². The molecule has 0 saturated heterocycles. The van der Waals surface area contributed by atoms with Gasteiger partial charge < -0.3 is 15.4 Å². The molecule has 6 nitrogen and oxygen atoms in total. The molecule has 2 amide bonds. The number of thioether (sulfide) groups is 1. The number of amides is 2. The fraction of sp³-hybridized carbons (Fsp3) is 0.409. The summed E-state index contributed by atoms with van der Waals surface area (Å²) in [5.74, 6) is -0.470. The minimum Gasteiger partial charge on any atom is -0.462 e. The minimum atomic E-state index is -0.358. The zero-order valence-electron chi connectivity index (χ0n) is 17.2. The molecule has 2 N–H and O–H groups in total. The van der Waals surface area contributed by atoms with E-state index in [2.05, 4.69) is 10.6 Å². The first-order chi connectivity index (χ1) is 14.5. The second-order valence-corrected chi connectivity index (χ2v) is 9.19. The van der Waals surface area contributed by atoms with Gasteiger partial charge in [0, 0.05) is 22.4 Å². The van der Waals surface area contributed by atoms with Gasteiger partial charge in [0.2, 0.25) is 11.8 Å². The van der Waals surface area contributed by atoms with Crippen molar-refractivity contribution in [2.75, 3.05) is 23.0 Å². The SMILES string of the molecule is CCOC(=O)c1c(NC(=O)CSc2cccc(NC(C)=O)c2)sc2c1CCCCC2. The van der Waals surface area contributed by atoms with Crippen molar-refractivity contribution in [3.63, 3.8) is 0 Å². The van der Waals surface area contributed by atoms with Crippen LogP contribution in [0, 0.1) is 0 Å². The lowest BCUT2D eigenvalue weighted by molar-refractivity contribution is -0.114. The predicted octanol–water partition coefficient (Wildman–Crippen LogP) is 4.88. The third kappa shape index (κ3) is 5.86. The second-order valence-electron chi connectivity index (χ2n) is 7.03. The van der Waals surface area contributed by atoms with Crippen molar-refractivity contribution >= 4 is 51.6 Å². The van der Waals surface area contributed by atoms with Crippen LogP contribution in [0.5, 0.6) is 0 Å². The summed E-state index contributed by atoms with van der Waals surface area (Å²) in [5, 5.41) is 6.26. The van der Waals surface area contributed by atoms with E-state index in [9.17, 15) is 14.4 Å². The first kappa shape index (κ1) is 22.4. The van der Waals surface area contributed by atoms with E-state index in [0.717, 1.165) is 42.6 Å². The third-order valence-corrected chi connectivity index (χ3v) is 6.88. The van der Waals surface area contributed by atoms with Crippen molar-refractivity contribution < 1.29 is 19.1 Å². The Morgan fingerprint density at radius 2 is 1.93 bits per heavy atom. The smallest absolute Gasteiger partial charge is 0.341 e. The number of carbonyl (C=O) groups is 3. The number of ether oxygens (including phenoxy) is 1. The number of carbonyl (C=O) groups excluding carboxylic acids is 3. The van der Waals surface area contributed by atoms with Crippen molar-refractivity contribution in [1.29, 1.82) is 0 Å². The van der Waals surface area contributed by atoms with Gasteiger partial charge in [0.1, 0.15) is 5.00 Å². The van der Waals surface area contributed by atoms with Crippen molar-refractivity contribution in [3.05, 3.63) is 40.3 Å². The van der Waals surface area contributed by atoms with Crippen LogP contribution in [0.1, 0.15) is 53.9 Å². The number of aryl methyl sites for hydroxylation is 1. The number of anilines is 2. The van der Waals surface area contributed by atoms with E-state index in [1.165, 1.54) is 34.9 Å². The molecular weight excluding hydrogens is 420 g/mol. The molecule has 0 unspecified atom stereocenters. The molecule has 0 bridgehead atoms. The molecule has 1 aromatic heterocycles. The van der Waals surface area contributed by atoms with Gasteiger partial charge in [-0.25, -0.2) is 4.79 Å². The summed E-state index contributed by atoms with van der Waals surface area (Å²) in [6, 6.07) is 7.36. The third-order valence-electron chi connectivity index (χ3n) is 4.68. The largest absolute Gasteiger partial charge is 0.462 e. The highest BCUT2D eigenvalue weighted by atomic mass is 32.2. The van der Waals surface area contributed by atoms with Crippen molar-refractivity contribution in [2.24, 2.45) is 0 Å². The number of thiophene rings is 1. The summed E-state index contributed by atoms with van der Waals surface area (Å²) in [5.41, 5.74) is 2.27. The fourth-order valence-corrected chi connectivity index (χ4v) is 5.48. The molecule has 0 radical (unpaired) electrons. The highest BCUT2D eigenvalue weighted by molar-refractivity contribution is 8.00. The molecule has 1 heterocycles. The van der Waals surface area contributed by atoms with Crippen molar-refractivity contribution in [1.82, 2.24) is 0 Å². The van der Waals surface area contributed by atoms with Crippen LogP contribution in [0.4, 0.5) is 10.7 Å². The Balaban J connectivity index is 1.70. The number of fused-ring (bicyclic) bond motifs is 1. The quantitative estimate of drug-likeness (QED) is 0.360. The van der Waals surface area contributed by atoms with Gasteiger partial charge in [-0.05, 0) is 56.4 Å². The molecule has 8 heteroatoms. The molecule has 0 fully saturated rings. The van der Waals surface area contributed by atoms with Gasteiger partial charge in [-0.2, -0.15) is 0 Å². The molecule has 0 aliphatic heterocycles. The minimum absolute atomic E-state index is 0.140. The van der Waals surface area contributed by atoms with E-state index in [1.807, 2.05) is 18.2 Å². The van der Waals surface area contributed by atoms with Gasteiger partial charge in [0.25, 0.3) is 0 Å². The maximum Gasteiger partial charge on any atom is 0.341 e. The van der Waals surface area contributed by atoms with Crippen LogP contribution >= 0.6 is 23.1 Å². The lowest BCUT2D eigenvalue weighted by Crippen LogP contribution is -2.16. The summed E-state index contributed by atoms with van der Waals surface area (Å²) >= 11 is 2.88. The van der Waals surface area contributed by atoms with Crippen LogP contribution in [0.15, 0.2) is 29.2 Å². The van der Waals surface area contributed by atoms with E-state index in [-0.39, 0.29) is 23.5 Å². The molecule has 0 atom stereocenters. The average molecular weight is 447 g/mol. The summed E-state index contributed by atoms with van der Waals surface area (Å²) in [7, 11) is 0. The summed E-state index contributed by atoms with van der Waals surface area (Å²) in [6.07, 6.45) is 5.08. The summed E-state index contributed by atoms with van der Waals surface area (Å²) < 4.78 is 5.27. The molecule has 1 aliphatic carbocycles. The van der Waals surface area contributed by atoms with E-state index in [4.69, 9.17) is 4.74 Å². The van der Waals surface area contributed by atoms with Gasteiger partial charge in [0.05, 0.1) is 17.9 Å². The van der Waals surface area contributed by atoms with Gasteiger partial charge in [-0.15, -0.1) is 23.1 Å². The molecule has 0 saturated carbocycles. The number of hydrogen-bond donors (Lipinski definition) is 2. The van der Waals surface area contributed by atoms with E-state index < -0.39 is 0 Å². The predicted molar refractivity (Wildman–Crippen MR) is 122 cm³/mol. The lowest BCUT2D eigenvalue weighted by Gasteiger charge is -2.09. The van der Waals surface area contributed by atoms with E-state index in [0.29, 0.717) is 22.9 Å². The maximum atomic E-state index is 12.6. The average Bonchev–Trinajstić information content (AvgIpc) is 2.87. The van der Waals surface area contributed by atoms with E-state index in [1.54, 1.807) is 13.0 Å². The Kier molecular flexibility index (Phi) is 7.93. The van der Waals surface area contributed by atoms with Gasteiger partial charge in [-0.3, -0.25) is 9.59 Å². The molecular formula is C22H26N2O4S2. The van der Waals surface area contributed by atoms with E-state index >= 15 is 0 Å². The van der Waals surface area contributed by atoms with Crippen LogP contribution in [-0.2, 0) is 27.2 Å². The summed E-state index contributed by atoms with van der Waals surface area (Å²) in [4.78, 5) is 38.5. The highest BCUT2D eigenvalue weighted by Gasteiger charge is 2.26. The second kappa shape index (κ2) is 10.6. The fourth-order valence-electron chi connectivity index (χ4n) is 3.43. The molecule has 1 aliphatic rings. The Hall–Kier alpha value is -2.32. The molecule has 160 valence electrons. The number of rotatable bonds is 7. The van der Waals surface area contributed by atoms with Crippen LogP contribution in [-0.4, -0.2) is 30.1 Å². The van der Waals surface area contributed by atoms with Gasteiger partial charge >= 0.3 is 5.97 Å². The summed E-state index contributed by atoms with van der Waals surface area (Å²) in [6.45, 7) is 3.54. The van der Waals surface area contributed by atoms with Gasteiger partial charge in [0.15, 0.2) is 0 Å².